The van der Waals surface area contributed by atoms with E-state index in [4.69, 9.17) is 4.74 Å². The topological polar surface area (TPSA) is 66.0 Å². The van der Waals surface area contributed by atoms with Crippen molar-refractivity contribution in [2.45, 2.75) is 40.0 Å². The third kappa shape index (κ3) is 8.22. The Kier molecular flexibility index (Phi) is 9.62. The second-order valence-corrected chi connectivity index (χ2v) is 6.03. The molecule has 0 aromatic heterocycles. The fraction of sp³-hybridized carbons (Fsp3) is 0.875. The quantitative estimate of drug-likeness (QED) is 0.382. The lowest BCUT2D eigenvalue weighted by molar-refractivity contribution is -0.128. The van der Waals surface area contributed by atoms with E-state index < -0.39 is 0 Å². The van der Waals surface area contributed by atoms with Gasteiger partial charge in [0.2, 0.25) is 5.91 Å². The number of aliphatic imine (C=N–C) groups is 1. The lowest BCUT2D eigenvalue weighted by atomic mass is 10.2. The molecular weight excluding hydrogens is 280 g/mol. The molecular formula is C16H32N4O2. The van der Waals surface area contributed by atoms with Crippen LogP contribution in [0.5, 0.6) is 0 Å². The fourth-order valence-corrected chi connectivity index (χ4v) is 2.26. The number of ether oxygens (including phenoxy) is 1. The van der Waals surface area contributed by atoms with Crippen molar-refractivity contribution in [1.29, 1.82) is 0 Å². The molecule has 0 unspecified atom stereocenters. The van der Waals surface area contributed by atoms with Crippen molar-refractivity contribution in [3.8, 4) is 0 Å². The molecule has 6 heteroatoms. The molecule has 1 fully saturated rings. The van der Waals surface area contributed by atoms with Crippen molar-refractivity contribution in [1.82, 2.24) is 15.5 Å². The Hall–Kier alpha value is -1.30. The van der Waals surface area contributed by atoms with Gasteiger partial charge in [-0.25, -0.2) is 4.99 Å². The summed E-state index contributed by atoms with van der Waals surface area (Å²) in [6.45, 7) is 11.4. The average Bonchev–Trinajstić information content (AvgIpc) is 3.01. The van der Waals surface area contributed by atoms with Gasteiger partial charge in [-0.1, -0.05) is 13.8 Å². The van der Waals surface area contributed by atoms with Crippen LogP contribution in [0.4, 0.5) is 0 Å². The maximum Gasteiger partial charge on any atom is 0.244 e. The number of nitrogens with zero attached hydrogens (tertiary/aromatic N) is 2. The van der Waals surface area contributed by atoms with Gasteiger partial charge in [0.1, 0.15) is 6.54 Å². The number of hydrogen-bond donors (Lipinski definition) is 2. The minimum Gasteiger partial charge on any atom is -0.381 e. The first-order chi connectivity index (χ1) is 10.6. The third-order valence-electron chi connectivity index (χ3n) is 3.38. The molecule has 1 heterocycles. The number of amides is 1. The van der Waals surface area contributed by atoms with Crippen LogP contribution in [0.1, 0.15) is 40.0 Å². The van der Waals surface area contributed by atoms with E-state index in [1.807, 2.05) is 11.8 Å². The summed E-state index contributed by atoms with van der Waals surface area (Å²) in [6, 6.07) is 0. The van der Waals surface area contributed by atoms with E-state index in [0.29, 0.717) is 11.9 Å². The molecule has 6 nitrogen and oxygen atoms in total. The Labute approximate surface area is 134 Å². The van der Waals surface area contributed by atoms with Gasteiger partial charge in [0, 0.05) is 39.4 Å². The van der Waals surface area contributed by atoms with Crippen LogP contribution in [0, 0.1) is 5.92 Å². The molecule has 1 amide bonds. The van der Waals surface area contributed by atoms with E-state index in [1.54, 1.807) is 0 Å². The average molecular weight is 312 g/mol. The number of likely N-dealkylation sites (tertiary alicyclic amines) is 1. The van der Waals surface area contributed by atoms with E-state index in [9.17, 15) is 4.79 Å². The van der Waals surface area contributed by atoms with Gasteiger partial charge in [0.25, 0.3) is 0 Å². The molecule has 1 saturated heterocycles. The maximum absolute atomic E-state index is 12.0. The highest BCUT2D eigenvalue weighted by Crippen LogP contribution is 2.07. The van der Waals surface area contributed by atoms with Crippen LogP contribution in [0.2, 0.25) is 0 Å². The highest BCUT2D eigenvalue weighted by Gasteiger charge is 2.17. The predicted octanol–water partition coefficient (Wildman–Crippen LogP) is 1.23. The number of rotatable bonds is 9. The summed E-state index contributed by atoms with van der Waals surface area (Å²) in [5.41, 5.74) is 0. The van der Waals surface area contributed by atoms with Gasteiger partial charge in [0.05, 0.1) is 0 Å². The van der Waals surface area contributed by atoms with Crippen molar-refractivity contribution in [2.75, 3.05) is 45.9 Å². The van der Waals surface area contributed by atoms with Crippen LogP contribution in [0.15, 0.2) is 4.99 Å². The number of carbonyl (C=O) groups is 1. The minimum atomic E-state index is 0.120. The summed E-state index contributed by atoms with van der Waals surface area (Å²) in [4.78, 5) is 18.2. The molecule has 0 aliphatic carbocycles. The zero-order valence-electron chi connectivity index (χ0n) is 14.4. The molecule has 0 radical (unpaired) electrons. The van der Waals surface area contributed by atoms with Gasteiger partial charge in [-0.15, -0.1) is 0 Å². The monoisotopic (exact) mass is 312 g/mol. The smallest absolute Gasteiger partial charge is 0.244 e. The Morgan fingerprint density at radius 1 is 1.27 bits per heavy atom. The summed E-state index contributed by atoms with van der Waals surface area (Å²) in [7, 11) is 0. The molecule has 1 aliphatic rings. The Morgan fingerprint density at radius 3 is 2.64 bits per heavy atom. The van der Waals surface area contributed by atoms with Crippen molar-refractivity contribution in [3.05, 3.63) is 0 Å². The van der Waals surface area contributed by atoms with E-state index in [1.165, 1.54) is 0 Å². The molecule has 0 atom stereocenters. The highest BCUT2D eigenvalue weighted by atomic mass is 16.5. The number of nitrogens with one attached hydrogen (secondary N) is 2. The van der Waals surface area contributed by atoms with E-state index >= 15 is 0 Å². The first-order valence-corrected chi connectivity index (χ1v) is 8.51. The van der Waals surface area contributed by atoms with Gasteiger partial charge >= 0.3 is 0 Å². The summed E-state index contributed by atoms with van der Waals surface area (Å²) in [6.07, 6.45) is 3.16. The molecule has 1 aliphatic heterocycles. The molecule has 0 aromatic carbocycles. The van der Waals surface area contributed by atoms with Gasteiger partial charge < -0.3 is 20.3 Å². The zero-order chi connectivity index (χ0) is 16.2. The molecule has 0 saturated carbocycles. The highest BCUT2D eigenvalue weighted by molar-refractivity contribution is 5.85. The Balaban J connectivity index is 2.22. The molecule has 0 bridgehead atoms. The van der Waals surface area contributed by atoms with Crippen molar-refractivity contribution >= 4 is 11.9 Å². The van der Waals surface area contributed by atoms with Crippen LogP contribution in [-0.4, -0.2) is 62.7 Å². The molecule has 0 spiro atoms. The maximum atomic E-state index is 12.0. The van der Waals surface area contributed by atoms with Gasteiger partial charge in [0.15, 0.2) is 5.96 Å². The predicted molar refractivity (Wildman–Crippen MR) is 90.1 cm³/mol. The third-order valence-corrected chi connectivity index (χ3v) is 3.38. The van der Waals surface area contributed by atoms with Crippen LogP contribution in [-0.2, 0) is 9.53 Å². The molecule has 2 N–H and O–H groups in total. The second kappa shape index (κ2) is 11.3. The first-order valence-electron chi connectivity index (χ1n) is 8.51. The molecule has 22 heavy (non-hydrogen) atoms. The standard InChI is InChI=1S/C16H32N4O2/c1-4-17-16(18-8-7-11-22-13-14(2)3)19-12-15(21)20-9-5-6-10-20/h14H,4-13H2,1-3H3,(H2,17,18,19). The lowest BCUT2D eigenvalue weighted by Gasteiger charge is -2.15. The van der Waals surface area contributed by atoms with Crippen molar-refractivity contribution in [3.63, 3.8) is 0 Å². The number of hydrogen-bond acceptors (Lipinski definition) is 3. The number of carbonyl (C=O) groups excluding carboxylic acids is 1. The SMILES string of the molecule is CCNC(=NCC(=O)N1CCCC1)NCCCOCC(C)C. The minimum absolute atomic E-state index is 0.120. The van der Waals surface area contributed by atoms with E-state index in [2.05, 4.69) is 29.5 Å². The lowest BCUT2D eigenvalue weighted by Crippen LogP contribution is -2.39. The largest absolute Gasteiger partial charge is 0.381 e. The van der Waals surface area contributed by atoms with Gasteiger partial charge in [-0.3, -0.25) is 4.79 Å². The second-order valence-electron chi connectivity index (χ2n) is 6.03. The van der Waals surface area contributed by atoms with Crippen LogP contribution < -0.4 is 10.6 Å². The molecule has 1 rings (SSSR count). The van der Waals surface area contributed by atoms with E-state index in [-0.39, 0.29) is 12.5 Å². The van der Waals surface area contributed by atoms with Crippen LogP contribution >= 0.6 is 0 Å². The summed E-state index contributed by atoms with van der Waals surface area (Å²) >= 11 is 0. The first kappa shape index (κ1) is 18.7. The van der Waals surface area contributed by atoms with Crippen LogP contribution in [0.25, 0.3) is 0 Å². The molecule has 0 aromatic rings. The summed E-state index contributed by atoms with van der Waals surface area (Å²) < 4.78 is 5.54. The zero-order valence-corrected chi connectivity index (χ0v) is 14.4. The van der Waals surface area contributed by atoms with Gasteiger partial charge in [-0.05, 0) is 32.1 Å². The van der Waals surface area contributed by atoms with Gasteiger partial charge in [-0.2, -0.15) is 0 Å². The van der Waals surface area contributed by atoms with E-state index in [0.717, 1.165) is 58.7 Å². The fourth-order valence-electron chi connectivity index (χ4n) is 2.26. The Morgan fingerprint density at radius 2 is 2.00 bits per heavy atom. The molecule has 128 valence electrons. The summed E-state index contributed by atoms with van der Waals surface area (Å²) in [5.74, 6) is 1.40. The van der Waals surface area contributed by atoms with Crippen molar-refractivity contribution in [2.24, 2.45) is 10.9 Å². The Bertz CT molecular complexity index is 339. The number of guanidine groups is 1. The van der Waals surface area contributed by atoms with Crippen molar-refractivity contribution < 1.29 is 9.53 Å². The van der Waals surface area contributed by atoms with Crippen LogP contribution in [0.3, 0.4) is 0 Å². The normalized spacial score (nSPS) is 15.5. The summed E-state index contributed by atoms with van der Waals surface area (Å²) in [5, 5.41) is 6.41.